The smallest absolute Gasteiger partial charge is 0.331 e. The Morgan fingerprint density at radius 3 is 2.56 bits per heavy atom. The number of ether oxygens (including phenoxy) is 2. The molecule has 18 heavy (non-hydrogen) atoms. The Bertz CT molecular complexity index is 459. The van der Waals surface area contributed by atoms with Gasteiger partial charge in [-0.15, -0.1) is 0 Å². The predicted molar refractivity (Wildman–Crippen MR) is 80.6 cm³/mol. The summed E-state index contributed by atoms with van der Waals surface area (Å²) in [6, 6.07) is 5.74. The number of hydrogen-bond acceptors (Lipinski definition) is 3. The number of carbonyl (C=O) groups excluding carboxylic acids is 1. The van der Waals surface area contributed by atoms with Crippen molar-refractivity contribution in [3.8, 4) is 5.75 Å². The van der Waals surface area contributed by atoms with Crippen molar-refractivity contribution < 1.29 is 14.3 Å². The lowest BCUT2D eigenvalue weighted by Crippen LogP contribution is -2.22. The van der Waals surface area contributed by atoms with E-state index in [-0.39, 0.29) is 5.97 Å². The third-order valence-electron chi connectivity index (χ3n) is 1.99. The number of rotatable bonds is 3. The van der Waals surface area contributed by atoms with E-state index in [1.54, 1.807) is 13.2 Å². The molecule has 0 heterocycles. The molecule has 0 saturated heterocycles. The molecule has 0 saturated carbocycles. The lowest BCUT2D eigenvalue weighted by atomic mass is 10.2. The molecule has 0 spiro atoms. The van der Waals surface area contributed by atoms with Gasteiger partial charge in [0.2, 0.25) is 0 Å². The first-order valence-electron chi connectivity index (χ1n) is 5.56. The monoisotopic (exact) mass is 360 g/mol. The van der Waals surface area contributed by atoms with Crippen LogP contribution < -0.4 is 4.74 Å². The molecule has 4 heteroatoms. The highest BCUT2D eigenvalue weighted by Gasteiger charge is 2.13. The molecule has 1 rings (SSSR count). The zero-order valence-electron chi connectivity index (χ0n) is 11.0. The Morgan fingerprint density at radius 2 is 2.00 bits per heavy atom. The maximum absolute atomic E-state index is 11.5. The largest absolute Gasteiger partial charge is 0.496 e. The van der Waals surface area contributed by atoms with Gasteiger partial charge in [-0.25, -0.2) is 4.79 Å². The van der Waals surface area contributed by atoms with Crippen molar-refractivity contribution in [3.63, 3.8) is 0 Å². The van der Waals surface area contributed by atoms with Crippen LogP contribution in [0.5, 0.6) is 5.75 Å². The molecule has 0 atom stereocenters. The second-order valence-electron chi connectivity index (χ2n) is 4.76. The quantitative estimate of drug-likeness (QED) is 0.469. The van der Waals surface area contributed by atoms with Gasteiger partial charge in [-0.05, 0) is 67.1 Å². The molecule has 0 aliphatic rings. The van der Waals surface area contributed by atoms with Gasteiger partial charge < -0.3 is 9.47 Å². The molecular weight excluding hydrogens is 343 g/mol. The molecule has 0 radical (unpaired) electrons. The fourth-order valence-electron chi connectivity index (χ4n) is 1.28. The van der Waals surface area contributed by atoms with Crippen LogP contribution in [0.3, 0.4) is 0 Å². The van der Waals surface area contributed by atoms with E-state index in [9.17, 15) is 4.79 Å². The molecule has 0 bridgehead atoms. The minimum atomic E-state index is -0.467. The van der Waals surface area contributed by atoms with Crippen molar-refractivity contribution in [2.24, 2.45) is 0 Å². The summed E-state index contributed by atoms with van der Waals surface area (Å²) in [5.74, 6) is 0.446. The number of benzene rings is 1. The molecule has 3 nitrogen and oxygen atoms in total. The Morgan fingerprint density at radius 1 is 1.33 bits per heavy atom. The maximum atomic E-state index is 11.5. The zero-order valence-corrected chi connectivity index (χ0v) is 13.1. The highest BCUT2D eigenvalue weighted by molar-refractivity contribution is 14.1. The van der Waals surface area contributed by atoms with E-state index in [1.165, 1.54) is 6.08 Å². The van der Waals surface area contributed by atoms with Crippen LogP contribution >= 0.6 is 22.6 Å². The summed E-state index contributed by atoms with van der Waals surface area (Å²) >= 11 is 2.20. The third-order valence-corrected chi connectivity index (χ3v) is 2.89. The summed E-state index contributed by atoms with van der Waals surface area (Å²) in [5, 5.41) is 0. The van der Waals surface area contributed by atoms with E-state index in [4.69, 9.17) is 9.47 Å². The average molecular weight is 360 g/mol. The molecule has 0 amide bonds. The molecule has 0 unspecified atom stereocenters. The van der Waals surface area contributed by atoms with Gasteiger partial charge in [0, 0.05) is 6.08 Å². The van der Waals surface area contributed by atoms with Crippen LogP contribution in [0.25, 0.3) is 6.08 Å². The van der Waals surface area contributed by atoms with E-state index < -0.39 is 5.60 Å². The van der Waals surface area contributed by atoms with Crippen LogP contribution in [0.15, 0.2) is 24.3 Å². The van der Waals surface area contributed by atoms with Crippen LogP contribution in [0.2, 0.25) is 0 Å². The summed E-state index contributed by atoms with van der Waals surface area (Å²) in [5.41, 5.74) is 0.434. The molecule has 0 aromatic heterocycles. The van der Waals surface area contributed by atoms with Crippen LogP contribution in [-0.2, 0) is 9.53 Å². The topological polar surface area (TPSA) is 35.5 Å². The molecule has 98 valence electrons. The summed E-state index contributed by atoms with van der Waals surface area (Å²) in [4.78, 5) is 11.5. The van der Waals surface area contributed by atoms with Crippen molar-refractivity contribution >= 4 is 34.6 Å². The van der Waals surface area contributed by atoms with Crippen LogP contribution in [0, 0.1) is 3.57 Å². The van der Waals surface area contributed by atoms with Gasteiger partial charge in [-0.1, -0.05) is 6.07 Å². The minimum absolute atomic E-state index is 0.347. The Labute approximate surface area is 121 Å². The normalized spacial score (nSPS) is 11.6. The summed E-state index contributed by atoms with van der Waals surface area (Å²) < 4.78 is 11.4. The molecular formula is C14H17IO3. The average Bonchev–Trinajstić information content (AvgIpc) is 2.25. The Hall–Kier alpha value is -1.04. The van der Waals surface area contributed by atoms with E-state index in [0.29, 0.717) is 0 Å². The van der Waals surface area contributed by atoms with Crippen LogP contribution in [-0.4, -0.2) is 18.7 Å². The van der Waals surface area contributed by atoms with Gasteiger partial charge in [0.1, 0.15) is 11.4 Å². The zero-order chi connectivity index (χ0) is 13.8. The van der Waals surface area contributed by atoms with Gasteiger partial charge in [-0.2, -0.15) is 0 Å². The van der Waals surface area contributed by atoms with Gasteiger partial charge in [0.15, 0.2) is 0 Å². The molecule has 1 aromatic rings. The molecule has 0 fully saturated rings. The van der Waals surface area contributed by atoms with Gasteiger partial charge in [0.05, 0.1) is 10.7 Å². The lowest BCUT2D eigenvalue weighted by molar-refractivity contribution is -0.148. The standard InChI is InChI=1S/C14H17IO3/c1-14(2,3)18-13(16)8-6-10-5-7-11(15)12(9-10)17-4/h5-9H,1-4H3/b8-6+. The maximum Gasteiger partial charge on any atom is 0.331 e. The third kappa shape index (κ3) is 5.08. The minimum Gasteiger partial charge on any atom is -0.496 e. The van der Waals surface area contributed by atoms with Crippen molar-refractivity contribution in [1.82, 2.24) is 0 Å². The van der Waals surface area contributed by atoms with Gasteiger partial charge in [0.25, 0.3) is 0 Å². The van der Waals surface area contributed by atoms with Crippen molar-refractivity contribution in [2.45, 2.75) is 26.4 Å². The van der Waals surface area contributed by atoms with Crippen molar-refractivity contribution in [1.29, 1.82) is 0 Å². The number of esters is 1. The van der Waals surface area contributed by atoms with E-state index in [0.717, 1.165) is 14.9 Å². The van der Waals surface area contributed by atoms with Crippen LogP contribution in [0.1, 0.15) is 26.3 Å². The molecule has 0 aliphatic heterocycles. The van der Waals surface area contributed by atoms with Gasteiger partial charge in [-0.3, -0.25) is 0 Å². The van der Waals surface area contributed by atoms with Crippen molar-refractivity contribution in [3.05, 3.63) is 33.4 Å². The van der Waals surface area contributed by atoms with Gasteiger partial charge >= 0.3 is 5.97 Å². The van der Waals surface area contributed by atoms with E-state index >= 15 is 0 Å². The highest BCUT2D eigenvalue weighted by atomic mass is 127. The first-order chi connectivity index (χ1) is 8.31. The first kappa shape index (κ1) is 15.0. The van der Waals surface area contributed by atoms with E-state index in [1.807, 2.05) is 39.0 Å². The number of carbonyl (C=O) groups is 1. The fraction of sp³-hybridized carbons (Fsp3) is 0.357. The summed E-state index contributed by atoms with van der Waals surface area (Å²) in [6.07, 6.45) is 3.14. The molecule has 0 N–H and O–H groups in total. The number of methoxy groups -OCH3 is 1. The Balaban J connectivity index is 2.76. The predicted octanol–water partition coefficient (Wildman–Crippen LogP) is 3.65. The number of hydrogen-bond donors (Lipinski definition) is 0. The Kier molecular flexibility index (Phi) is 5.19. The van der Waals surface area contributed by atoms with E-state index in [2.05, 4.69) is 22.6 Å². The van der Waals surface area contributed by atoms with Crippen molar-refractivity contribution in [2.75, 3.05) is 7.11 Å². The SMILES string of the molecule is COc1cc(/C=C/C(=O)OC(C)(C)C)ccc1I. The second-order valence-corrected chi connectivity index (χ2v) is 5.92. The highest BCUT2D eigenvalue weighted by Crippen LogP contribution is 2.22. The second kappa shape index (κ2) is 6.22. The molecule has 1 aromatic carbocycles. The fourth-order valence-corrected chi connectivity index (χ4v) is 1.84. The molecule has 0 aliphatic carbocycles. The number of halogens is 1. The summed E-state index contributed by atoms with van der Waals surface area (Å²) in [6.45, 7) is 5.52. The first-order valence-corrected chi connectivity index (χ1v) is 6.64. The summed E-state index contributed by atoms with van der Waals surface area (Å²) in [7, 11) is 1.62. The lowest BCUT2D eigenvalue weighted by Gasteiger charge is -2.17. The van der Waals surface area contributed by atoms with Crippen LogP contribution in [0.4, 0.5) is 0 Å².